The number of hydrogen-bond donors (Lipinski definition) is 2. The topological polar surface area (TPSA) is 80.9 Å². The van der Waals surface area contributed by atoms with Crippen LogP contribution in [0.2, 0.25) is 0 Å². The number of nitrogens with one attached hydrogen (secondary N) is 1. The van der Waals surface area contributed by atoms with Gasteiger partial charge in [0.15, 0.2) is 0 Å². The van der Waals surface area contributed by atoms with Crippen LogP contribution in [-0.4, -0.2) is 29.5 Å². The lowest BCUT2D eigenvalue weighted by molar-refractivity contribution is 0.0960. The number of carbonyl (C=O) groups excluding carboxylic acids is 1. The summed E-state index contributed by atoms with van der Waals surface area (Å²) < 4.78 is 0. The van der Waals surface area contributed by atoms with Gasteiger partial charge in [0.05, 0.1) is 5.52 Å². The van der Waals surface area contributed by atoms with Crippen LogP contribution in [0.4, 0.5) is 0 Å². The molecule has 0 fully saturated rings. The Kier molecular flexibility index (Phi) is 3.64. The maximum atomic E-state index is 11.7. The largest absolute Gasteiger partial charge is 0.354 e. The molecule has 92 valence electrons. The van der Waals surface area contributed by atoms with E-state index in [9.17, 15) is 4.79 Å². The molecule has 2 aromatic rings. The number of nitrogens with zero attached hydrogens (tertiary/aromatic N) is 2. The summed E-state index contributed by atoms with van der Waals surface area (Å²) in [5.74, 6) is -0.220. The standard InChI is InChI=1S/C13H14N4O/c1-15-13(18)12-10-6-2-4-9(5-3-7-14)11(10)16-8-17-12/h2-6,8H,7,14H2,1H3,(H,15,18). The number of hydrogen-bond acceptors (Lipinski definition) is 4. The third-order valence-electron chi connectivity index (χ3n) is 2.57. The molecule has 0 spiro atoms. The van der Waals surface area contributed by atoms with E-state index in [1.807, 2.05) is 30.4 Å². The molecule has 1 aromatic heterocycles. The van der Waals surface area contributed by atoms with Gasteiger partial charge in [0.25, 0.3) is 5.91 Å². The zero-order chi connectivity index (χ0) is 13.0. The van der Waals surface area contributed by atoms with Crippen LogP contribution >= 0.6 is 0 Å². The quantitative estimate of drug-likeness (QED) is 0.840. The Hall–Kier alpha value is -2.27. The van der Waals surface area contributed by atoms with Gasteiger partial charge in [-0.2, -0.15) is 0 Å². The van der Waals surface area contributed by atoms with E-state index in [0.29, 0.717) is 12.2 Å². The number of nitrogens with two attached hydrogens (primary N) is 1. The average Bonchev–Trinajstić information content (AvgIpc) is 2.43. The third kappa shape index (κ3) is 2.21. The van der Waals surface area contributed by atoms with E-state index < -0.39 is 0 Å². The molecule has 0 saturated carbocycles. The summed E-state index contributed by atoms with van der Waals surface area (Å²) in [6, 6.07) is 5.63. The van der Waals surface area contributed by atoms with Crippen LogP contribution in [0.5, 0.6) is 0 Å². The minimum absolute atomic E-state index is 0.220. The molecule has 0 atom stereocenters. The van der Waals surface area contributed by atoms with Gasteiger partial charge in [-0.3, -0.25) is 4.79 Å². The van der Waals surface area contributed by atoms with Gasteiger partial charge in [-0.15, -0.1) is 0 Å². The number of aromatic nitrogens is 2. The SMILES string of the molecule is CNC(=O)c1ncnc2c(C=CCN)cccc12. The van der Waals surface area contributed by atoms with Crippen molar-refractivity contribution in [3.05, 3.63) is 41.9 Å². The van der Waals surface area contributed by atoms with Crippen LogP contribution in [0.1, 0.15) is 16.1 Å². The molecule has 0 bridgehead atoms. The van der Waals surface area contributed by atoms with Gasteiger partial charge in [-0.1, -0.05) is 30.4 Å². The van der Waals surface area contributed by atoms with E-state index in [2.05, 4.69) is 15.3 Å². The van der Waals surface area contributed by atoms with Crippen LogP contribution in [0.3, 0.4) is 0 Å². The molecule has 0 aliphatic carbocycles. The van der Waals surface area contributed by atoms with Crippen molar-refractivity contribution in [3.63, 3.8) is 0 Å². The molecular weight excluding hydrogens is 228 g/mol. The van der Waals surface area contributed by atoms with Crippen LogP contribution in [0, 0.1) is 0 Å². The fourth-order valence-electron chi connectivity index (χ4n) is 1.74. The number of benzene rings is 1. The fourth-order valence-corrected chi connectivity index (χ4v) is 1.74. The number of carbonyl (C=O) groups is 1. The summed E-state index contributed by atoms with van der Waals surface area (Å²) in [6.07, 6.45) is 5.13. The van der Waals surface area contributed by atoms with Crippen molar-refractivity contribution in [1.82, 2.24) is 15.3 Å². The number of para-hydroxylation sites is 1. The van der Waals surface area contributed by atoms with E-state index in [4.69, 9.17) is 5.73 Å². The predicted molar refractivity (Wildman–Crippen MR) is 71.0 cm³/mol. The van der Waals surface area contributed by atoms with Crippen LogP contribution in [0.15, 0.2) is 30.6 Å². The molecule has 1 amide bonds. The minimum atomic E-state index is -0.220. The second-order valence-electron chi connectivity index (χ2n) is 3.68. The highest BCUT2D eigenvalue weighted by atomic mass is 16.1. The molecular formula is C13H14N4O. The first-order valence-electron chi connectivity index (χ1n) is 5.60. The zero-order valence-corrected chi connectivity index (χ0v) is 10.1. The summed E-state index contributed by atoms with van der Waals surface area (Å²) in [5, 5.41) is 3.30. The highest BCUT2D eigenvalue weighted by molar-refractivity contribution is 6.05. The van der Waals surface area contributed by atoms with Crippen LogP contribution in [0.25, 0.3) is 17.0 Å². The van der Waals surface area contributed by atoms with Gasteiger partial charge >= 0.3 is 0 Å². The Bertz CT molecular complexity index is 607. The van der Waals surface area contributed by atoms with Gasteiger partial charge in [0, 0.05) is 24.5 Å². The van der Waals surface area contributed by atoms with E-state index in [1.54, 1.807) is 7.05 Å². The first-order valence-corrected chi connectivity index (χ1v) is 5.60. The Labute approximate surface area is 105 Å². The Morgan fingerprint density at radius 2 is 2.28 bits per heavy atom. The van der Waals surface area contributed by atoms with E-state index >= 15 is 0 Å². The molecule has 1 aromatic carbocycles. The van der Waals surface area contributed by atoms with Crippen molar-refractivity contribution in [3.8, 4) is 0 Å². The lowest BCUT2D eigenvalue weighted by Crippen LogP contribution is -2.19. The molecule has 2 rings (SSSR count). The fraction of sp³-hybridized carbons (Fsp3) is 0.154. The lowest BCUT2D eigenvalue weighted by atomic mass is 10.1. The molecule has 1 heterocycles. The summed E-state index contributed by atoms with van der Waals surface area (Å²) in [4.78, 5) is 20.0. The summed E-state index contributed by atoms with van der Waals surface area (Å²) >= 11 is 0. The maximum absolute atomic E-state index is 11.7. The predicted octanol–water partition coefficient (Wildman–Crippen LogP) is 0.961. The highest BCUT2D eigenvalue weighted by Gasteiger charge is 2.11. The Balaban J connectivity index is 2.65. The van der Waals surface area contributed by atoms with E-state index in [1.165, 1.54) is 6.33 Å². The van der Waals surface area contributed by atoms with Gasteiger partial charge in [-0.05, 0) is 0 Å². The molecule has 0 saturated heterocycles. The van der Waals surface area contributed by atoms with Crippen molar-refractivity contribution >= 4 is 22.9 Å². The van der Waals surface area contributed by atoms with Crippen LogP contribution in [-0.2, 0) is 0 Å². The minimum Gasteiger partial charge on any atom is -0.354 e. The normalized spacial score (nSPS) is 11.0. The molecule has 5 heteroatoms. The first kappa shape index (κ1) is 12.2. The van der Waals surface area contributed by atoms with Gasteiger partial charge in [0.2, 0.25) is 0 Å². The smallest absolute Gasteiger partial charge is 0.270 e. The average molecular weight is 242 g/mol. The highest BCUT2D eigenvalue weighted by Crippen LogP contribution is 2.19. The summed E-state index contributed by atoms with van der Waals surface area (Å²) in [5.41, 5.74) is 7.48. The lowest BCUT2D eigenvalue weighted by Gasteiger charge is -2.05. The summed E-state index contributed by atoms with van der Waals surface area (Å²) in [7, 11) is 1.58. The molecule has 0 radical (unpaired) electrons. The number of fused-ring (bicyclic) bond motifs is 1. The van der Waals surface area contributed by atoms with Crippen LogP contribution < -0.4 is 11.1 Å². The Morgan fingerprint density at radius 1 is 1.44 bits per heavy atom. The summed E-state index contributed by atoms with van der Waals surface area (Å²) in [6.45, 7) is 0.462. The molecule has 0 unspecified atom stereocenters. The van der Waals surface area contributed by atoms with Crippen molar-refractivity contribution in [2.75, 3.05) is 13.6 Å². The van der Waals surface area contributed by atoms with E-state index in [-0.39, 0.29) is 5.91 Å². The van der Waals surface area contributed by atoms with Gasteiger partial charge in [0.1, 0.15) is 12.0 Å². The van der Waals surface area contributed by atoms with Crippen molar-refractivity contribution in [2.45, 2.75) is 0 Å². The monoisotopic (exact) mass is 242 g/mol. The van der Waals surface area contributed by atoms with Crippen molar-refractivity contribution in [1.29, 1.82) is 0 Å². The third-order valence-corrected chi connectivity index (χ3v) is 2.57. The molecule has 0 aliphatic rings. The zero-order valence-electron chi connectivity index (χ0n) is 10.1. The first-order chi connectivity index (χ1) is 8.77. The second-order valence-corrected chi connectivity index (χ2v) is 3.68. The van der Waals surface area contributed by atoms with Gasteiger partial charge in [-0.25, -0.2) is 9.97 Å². The van der Waals surface area contributed by atoms with Crippen molar-refractivity contribution in [2.24, 2.45) is 5.73 Å². The van der Waals surface area contributed by atoms with E-state index in [0.717, 1.165) is 16.5 Å². The molecule has 0 aliphatic heterocycles. The molecule has 3 N–H and O–H groups in total. The number of rotatable bonds is 3. The number of amides is 1. The Morgan fingerprint density at radius 3 is 3.00 bits per heavy atom. The molecule has 18 heavy (non-hydrogen) atoms. The van der Waals surface area contributed by atoms with Crippen molar-refractivity contribution < 1.29 is 4.79 Å². The second kappa shape index (κ2) is 5.37. The maximum Gasteiger partial charge on any atom is 0.270 e. The van der Waals surface area contributed by atoms with Gasteiger partial charge < -0.3 is 11.1 Å². The molecule has 5 nitrogen and oxygen atoms in total.